The molecule has 5 nitrogen and oxygen atoms in total. The monoisotopic (exact) mass is 318 g/mol. The summed E-state index contributed by atoms with van der Waals surface area (Å²) in [6.45, 7) is 6.93. The van der Waals surface area contributed by atoms with Crippen LogP contribution < -0.4 is 11.1 Å². The van der Waals surface area contributed by atoms with Crippen LogP contribution in [0, 0.1) is 0 Å². The van der Waals surface area contributed by atoms with Crippen molar-refractivity contribution >= 4 is 34.6 Å². The van der Waals surface area contributed by atoms with E-state index in [-0.39, 0.29) is 0 Å². The topological polar surface area (TPSA) is 72.0 Å². The molecule has 0 aliphatic heterocycles. The highest BCUT2D eigenvalue weighted by atomic mass is 35.5. The van der Waals surface area contributed by atoms with Crippen LogP contribution in [0.4, 0.5) is 0 Å². The lowest BCUT2D eigenvalue weighted by molar-refractivity contribution is 0.229. The van der Waals surface area contributed by atoms with Gasteiger partial charge in [-0.15, -0.1) is 11.8 Å². The molecular weight excluding hydrogens is 296 g/mol. The predicted molar refractivity (Wildman–Crippen MR) is 90.4 cm³/mol. The fourth-order valence-corrected chi connectivity index (χ4v) is 1.47. The van der Waals surface area contributed by atoms with Gasteiger partial charge in [0.2, 0.25) is 0 Å². The Morgan fingerprint density at radius 3 is 2.80 bits per heavy atom. The first kappa shape index (κ1) is 19.0. The average Bonchev–Trinajstić information content (AvgIpc) is 2.43. The van der Waals surface area contributed by atoms with Crippen LogP contribution in [0.25, 0.3) is 0 Å². The number of allylic oxidation sites excluding steroid dienone is 1. The Morgan fingerprint density at radius 1 is 1.50 bits per heavy atom. The van der Waals surface area contributed by atoms with Crippen molar-refractivity contribution in [1.29, 1.82) is 0 Å². The summed E-state index contributed by atoms with van der Waals surface area (Å²) in [6, 6.07) is -0.423. The summed E-state index contributed by atoms with van der Waals surface area (Å²) >= 11 is 7.71. The van der Waals surface area contributed by atoms with Crippen LogP contribution >= 0.6 is 23.4 Å². The Bertz CT molecular complexity index is 394. The predicted octanol–water partition coefficient (Wildman–Crippen LogP) is 2.69. The van der Waals surface area contributed by atoms with Gasteiger partial charge < -0.3 is 15.9 Å². The Morgan fingerprint density at radius 2 is 2.20 bits per heavy atom. The van der Waals surface area contributed by atoms with Gasteiger partial charge in [0, 0.05) is 19.0 Å². The highest BCUT2D eigenvalue weighted by Gasteiger charge is 2.04. The van der Waals surface area contributed by atoms with Gasteiger partial charge in [0.15, 0.2) is 0 Å². The molecule has 3 N–H and O–H groups in total. The molecular formula is C13H23ClN4OS. The van der Waals surface area contributed by atoms with Gasteiger partial charge in [-0.1, -0.05) is 16.8 Å². The fourth-order valence-electron chi connectivity index (χ4n) is 1.11. The Kier molecular flexibility index (Phi) is 11.2. The molecule has 7 heteroatoms. The standard InChI is InChI=1S/C13H23ClN4OS/c1-5-18-19-10(2)8-13(15)12(14)9-16-6-7-17-11(3)20-4/h5,8-9,13,16H,6-7,15H2,1-4H3/b10-8+,12-9-,17-11?,18-5+. The molecule has 0 amide bonds. The maximum atomic E-state index is 6.07. The van der Waals surface area contributed by atoms with Crippen molar-refractivity contribution in [3.63, 3.8) is 0 Å². The van der Waals surface area contributed by atoms with Gasteiger partial charge in [-0.2, -0.15) is 0 Å². The molecule has 0 saturated heterocycles. The van der Waals surface area contributed by atoms with E-state index in [1.165, 1.54) is 0 Å². The second kappa shape index (κ2) is 11.8. The van der Waals surface area contributed by atoms with Gasteiger partial charge in [-0.25, -0.2) is 0 Å². The van der Waals surface area contributed by atoms with E-state index in [9.17, 15) is 0 Å². The molecule has 0 aliphatic rings. The molecule has 0 aliphatic carbocycles. The number of hydrogen-bond acceptors (Lipinski definition) is 6. The van der Waals surface area contributed by atoms with Gasteiger partial charge in [0.25, 0.3) is 0 Å². The first-order valence-electron chi connectivity index (χ1n) is 6.24. The molecule has 1 atom stereocenters. The third kappa shape index (κ3) is 9.89. The minimum atomic E-state index is -0.423. The number of nitrogens with zero attached hydrogens (tertiary/aromatic N) is 2. The van der Waals surface area contributed by atoms with Gasteiger partial charge >= 0.3 is 0 Å². The van der Waals surface area contributed by atoms with Crippen LogP contribution in [0.2, 0.25) is 0 Å². The van der Waals surface area contributed by atoms with Crippen LogP contribution in [0.1, 0.15) is 20.8 Å². The SMILES string of the molecule is C/C=N/O/C(C)=C/C(N)/C(Cl)=C/NCCN=C(C)SC. The zero-order valence-corrected chi connectivity index (χ0v) is 14.0. The second-order valence-corrected chi connectivity index (χ2v) is 5.28. The first-order chi connectivity index (χ1) is 9.51. The average molecular weight is 319 g/mol. The van der Waals surface area contributed by atoms with Crippen molar-refractivity contribution in [3.05, 3.63) is 23.1 Å². The molecule has 0 aromatic carbocycles. The van der Waals surface area contributed by atoms with Gasteiger partial charge in [0.1, 0.15) is 5.76 Å². The van der Waals surface area contributed by atoms with E-state index in [0.29, 0.717) is 23.9 Å². The fraction of sp³-hybridized carbons (Fsp3) is 0.538. The molecule has 0 radical (unpaired) electrons. The number of hydrogen-bond donors (Lipinski definition) is 2. The largest absolute Gasteiger partial charge is 0.388 e. The van der Waals surface area contributed by atoms with Crippen molar-refractivity contribution < 1.29 is 4.84 Å². The quantitative estimate of drug-likeness (QED) is 0.237. The summed E-state index contributed by atoms with van der Waals surface area (Å²) in [7, 11) is 0. The highest BCUT2D eigenvalue weighted by Crippen LogP contribution is 2.09. The van der Waals surface area contributed by atoms with Crippen molar-refractivity contribution in [1.82, 2.24) is 5.32 Å². The first-order valence-corrected chi connectivity index (χ1v) is 7.84. The van der Waals surface area contributed by atoms with E-state index in [1.807, 2.05) is 13.2 Å². The lowest BCUT2D eigenvalue weighted by Gasteiger charge is -2.07. The molecule has 0 saturated carbocycles. The van der Waals surface area contributed by atoms with Crippen molar-refractivity contribution in [2.24, 2.45) is 15.9 Å². The van der Waals surface area contributed by atoms with Crippen molar-refractivity contribution in [2.75, 3.05) is 19.3 Å². The van der Waals surface area contributed by atoms with E-state index in [1.54, 1.807) is 44.1 Å². The van der Waals surface area contributed by atoms with Crippen molar-refractivity contribution in [2.45, 2.75) is 26.8 Å². The molecule has 0 fully saturated rings. The Hall–Kier alpha value is -0.980. The van der Waals surface area contributed by atoms with Crippen LogP contribution in [0.3, 0.4) is 0 Å². The summed E-state index contributed by atoms with van der Waals surface area (Å²) < 4.78 is 0. The third-order valence-corrected chi connectivity index (χ3v) is 3.24. The normalized spacial score (nSPS) is 15.6. The minimum absolute atomic E-state index is 0.423. The zero-order chi connectivity index (χ0) is 15.4. The molecule has 0 aromatic heterocycles. The summed E-state index contributed by atoms with van der Waals surface area (Å²) in [5.41, 5.74) is 5.89. The Balaban J connectivity index is 4.16. The summed E-state index contributed by atoms with van der Waals surface area (Å²) in [5, 5.41) is 8.28. The summed E-state index contributed by atoms with van der Waals surface area (Å²) in [6.07, 6.45) is 6.94. The van der Waals surface area contributed by atoms with Crippen LogP contribution in [0.15, 0.2) is 33.2 Å². The molecule has 0 spiro atoms. The van der Waals surface area contributed by atoms with E-state index in [0.717, 1.165) is 5.04 Å². The van der Waals surface area contributed by atoms with Crippen LogP contribution in [-0.2, 0) is 4.84 Å². The summed E-state index contributed by atoms with van der Waals surface area (Å²) in [4.78, 5) is 9.35. The van der Waals surface area contributed by atoms with Crippen LogP contribution in [-0.4, -0.2) is 36.6 Å². The van der Waals surface area contributed by atoms with Gasteiger partial charge in [-0.05, 0) is 33.1 Å². The van der Waals surface area contributed by atoms with E-state index >= 15 is 0 Å². The molecule has 1 unspecified atom stereocenters. The van der Waals surface area contributed by atoms with Crippen LogP contribution in [0.5, 0.6) is 0 Å². The van der Waals surface area contributed by atoms with E-state index in [2.05, 4.69) is 15.5 Å². The van der Waals surface area contributed by atoms with Crippen molar-refractivity contribution in [3.8, 4) is 0 Å². The maximum Gasteiger partial charge on any atom is 0.129 e. The highest BCUT2D eigenvalue weighted by molar-refractivity contribution is 8.13. The second-order valence-electron chi connectivity index (χ2n) is 3.85. The number of rotatable bonds is 8. The molecule has 0 heterocycles. The van der Waals surface area contributed by atoms with E-state index in [4.69, 9.17) is 22.2 Å². The van der Waals surface area contributed by atoms with Gasteiger partial charge in [0.05, 0.1) is 22.7 Å². The number of aliphatic imine (C=N–C) groups is 1. The molecule has 114 valence electrons. The minimum Gasteiger partial charge on any atom is -0.388 e. The number of nitrogens with two attached hydrogens (primary N) is 1. The smallest absolute Gasteiger partial charge is 0.129 e. The Labute approximate surface area is 130 Å². The molecule has 20 heavy (non-hydrogen) atoms. The zero-order valence-electron chi connectivity index (χ0n) is 12.4. The number of halogens is 1. The summed E-state index contributed by atoms with van der Waals surface area (Å²) in [5.74, 6) is 0.599. The number of oxime groups is 1. The maximum absolute atomic E-state index is 6.07. The van der Waals surface area contributed by atoms with E-state index < -0.39 is 6.04 Å². The third-order valence-electron chi connectivity index (χ3n) is 2.16. The lowest BCUT2D eigenvalue weighted by Crippen LogP contribution is -2.21. The number of nitrogens with one attached hydrogen (secondary N) is 1. The molecule has 0 aromatic rings. The lowest BCUT2D eigenvalue weighted by atomic mass is 10.2. The molecule has 0 bridgehead atoms. The molecule has 0 rings (SSSR count). The number of thioether (sulfide) groups is 1. The van der Waals surface area contributed by atoms with Gasteiger partial charge in [-0.3, -0.25) is 4.99 Å².